The summed E-state index contributed by atoms with van der Waals surface area (Å²) in [5.41, 5.74) is 0.937. The van der Waals surface area contributed by atoms with Gasteiger partial charge in [-0.05, 0) is 38.7 Å². The molecule has 0 N–H and O–H groups in total. The predicted octanol–water partition coefficient (Wildman–Crippen LogP) is 2.61. The molecule has 0 aliphatic heterocycles. The van der Waals surface area contributed by atoms with Crippen molar-refractivity contribution in [3.63, 3.8) is 0 Å². The zero-order valence-electron chi connectivity index (χ0n) is 9.74. The Hall–Kier alpha value is -0.870. The molecule has 0 aliphatic rings. The molecule has 1 atom stereocenters. The lowest BCUT2D eigenvalue weighted by molar-refractivity contribution is -0.148. The average Bonchev–Trinajstić information content (AvgIpc) is 2.21. The first kappa shape index (κ1) is 13.2. The molecule has 0 saturated carbocycles. The molecule has 88 valence electrons. The van der Waals surface area contributed by atoms with Crippen LogP contribution in [0.1, 0.15) is 18.5 Å². The van der Waals surface area contributed by atoms with Gasteiger partial charge < -0.3 is 4.74 Å². The monoisotopic (exact) mass is 285 g/mol. The summed E-state index contributed by atoms with van der Waals surface area (Å²) in [5, 5.41) is 0. The van der Waals surface area contributed by atoms with Crippen LogP contribution in [-0.2, 0) is 9.53 Å². The van der Waals surface area contributed by atoms with E-state index in [-0.39, 0.29) is 12.0 Å². The molecular formula is C12H16BrNO2. The largest absolute Gasteiger partial charge is 0.465 e. The Balaban J connectivity index is 2.93. The van der Waals surface area contributed by atoms with Gasteiger partial charge in [0.1, 0.15) is 6.04 Å². The minimum atomic E-state index is -0.340. The van der Waals surface area contributed by atoms with Crippen molar-refractivity contribution in [1.29, 1.82) is 0 Å². The Morgan fingerprint density at radius 1 is 1.38 bits per heavy atom. The van der Waals surface area contributed by atoms with E-state index in [9.17, 15) is 4.79 Å². The fraction of sp³-hybridized carbons (Fsp3) is 0.417. The third kappa shape index (κ3) is 3.32. The van der Waals surface area contributed by atoms with Gasteiger partial charge in [-0.2, -0.15) is 0 Å². The number of benzene rings is 1. The Labute approximate surface area is 105 Å². The molecule has 0 heterocycles. The third-order valence-electron chi connectivity index (χ3n) is 2.21. The van der Waals surface area contributed by atoms with E-state index in [2.05, 4.69) is 15.9 Å². The van der Waals surface area contributed by atoms with Crippen LogP contribution in [0.2, 0.25) is 0 Å². The molecular weight excluding hydrogens is 270 g/mol. The van der Waals surface area contributed by atoms with E-state index >= 15 is 0 Å². The summed E-state index contributed by atoms with van der Waals surface area (Å²) in [5.74, 6) is -0.213. The van der Waals surface area contributed by atoms with Gasteiger partial charge in [0.05, 0.1) is 6.61 Å². The van der Waals surface area contributed by atoms with Crippen molar-refractivity contribution in [2.24, 2.45) is 0 Å². The lowest BCUT2D eigenvalue weighted by Gasteiger charge is -2.22. The van der Waals surface area contributed by atoms with E-state index in [1.165, 1.54) is 0 Å². The van der Waals surface area contributed by atoms with Crippen LogP contribution in [0.5, 0.6) is 0 Å². The zero-order chi connectivity index (χ0) is 12.1. The van der Waals surface area contributed by atoms with E-state index < -0.39 is 0 Å². The summed E-state index contributed by atoms with van der Waals surface area (Å²) in [7, 11) is 3.73. The van der Waals surface area contributed by atoms with Gasteiger partial charge >= 0.3 is 5.97 Å². The molecule has 0 fully saturated rings. The molecule has 1 rings (SSSR count). The number of rotatable bonds is 4. The van der Waals surface area contributed by atoms with Crippen molar-refractivity contribution in [1.82, 2.24) is 4.90 Å². The lowest BCUT2D eigenvalue weighted by Crippen LogP contribution is -2.29. The summed E-state index contributed by atoms with van der Waals surface area (Å²) in [6, 6.07) is 7.35. The molecule has 0 radical (unpaired) electrons. The van der Waals surface area contributed by atoms with Crippen molar-refractivity contribution >= 4 is 21.9 Å². The molecule has 1 unspecified atom stereocenters. The quantitative estimate of drug-likeness (QED) is 0.797. The summed E-state index contributed by atoms with van der Waals surface area (Å²) in [6.07, 6.45) is 0. The maximum absolute atomic E-state index is 11.8. The highest BCUT2D eigenvalue weighted by Gasteiger charge is 2.23. The molecule has 0 amide bonds. The molecule has 1 aromatic rings. The molecule has 0 aliphatic carbocycles. The van der Waals surface area contributed by atoms with E-state index in [0.717, 1.165) is 10.0 Å². The first-order valence-corrected chi connectivity index (χ1v) is 5.94. The Bertz CT molecular complexity index is 349. The van der Waals surface area contributed by atoms with Crippen molar-refractivity contribution in [3.05, 3.63) is 34.3 Å². The summed E-state index contributed by atoms with van der Waals surface area (Å²) >= 11 is 3.37. The van der Waals surface area contributed by atoms with E-state index in [4.69, 9.17) is 4.74 Å². The molecule has 3 nitrogen and oxygen atoms in total. The number of likely N-dealkylation sites (N-methyl/N-ethyl adjacent to an activating group) is 1. The van der Waals surface area contributed by atoms with Crippen LogP contribution in [0.4, 0.5) is 0 Å². The summed E-state index contributed by atoms with van der Waals surface area (Å²) in [4.78, 5) is 13.6. The third-order valence-corrected chi connectivity index (χ3v) is 2.74. The Morgan fingerprint density at radius 2 is 1.94 bits per heavy atom. The number of halogens is 1. The topological polar surface area (TPSA) is 29.5 Å². The van der Waals surface area contributed by atoms with Crippen LogP contribution in [0.3, 0.4) is 0 Å². The van der Waals surface area contributed by atoms with Gasteiger partial charge in [0.2, 0.25) is 0 Å². The van der Waals surface area contributed by atoms with Gasteiger partial charge in [-0.3, -0.25) is 4.90 Å². The van der Waals surface area contributed by atoms with Crippen LogP contribution in [-0.4, -0.2) is 31.6 Å². The molecule has 4 heteroatoms. The molecule has 16 heavy (non-hydrogen) atoms. The van der Waals surface area contributed by atoms with Crippen LogP contribution in [0, 0.1) is 0 Å². The highest BCUT2D eigenvalue weighted by molar-refractivity contribution is 9.10. The van der Waals surface area contributed by atoms with E-state index in [1.54, 1.807) is 0 Å². The lowest BCUT2D eigenvalue weighted by atomic mass is 10.1. The van der Waals surface area contributed by atoms with Gasteiger partial charge in [-0.1, -0.05) is 28.1 Å². The Kier molecular flexibility index (Phi) is 4.96. The number of nitrogens with zero attached hydrogens (tertiary/aromatic N) is 1. The van der Waals surface area contributed by atoms with Crippen molar-refractivity contribution in [3.8, 4) is 0 Å². The first-order valence-electron chi connectivity index (χ1n) is 5.14. The number of hydrogen-bond donors (Lipinski definition) is 0. The second-order valence-corrected chi connectivity index (χ2v) is 4.59. The van der Waals surface area contributed by atoms with Gasteiger partial charge in [0.25, 0.3) is 0 Å². The second-order valence-electron chi connectivity index (χ2n) is 3.67. The normalized spacial score (nSPS) is 12.6. The second kappa shape index (κ2) is 6.01. The maximum Gasteiger partial charge on any atom is 0.327 e. The number of esters is 1. The van der Waals surface area contributed by atoms with Crippen LogP contribution in [0.25, 0.3) is 0 Å². The molecule has 0 spiro atoms. The standard InChI is InChI=1S/C12H16BrNO2/c1-4-16-12(15)11(14(2)3)9-5-7-10(13)8-6-9/h5-8,11H,4H2,1-3H3. The molecule has 0 saturated heterocycles. The first-order chi connectivity index (χ1) is 7.56. The van der Waals surface area contributed by atoms with Crippen LogP contribution >= 0.6 is 15.9 Å². The van der Waals surface area contributed by atoms with Gasteiger partial charge in [-0.15, -0.1) is 0 Å². The van der Waals surface area contributed by atoms with Crippen molar-refractivity contribution in [2.45, 2.75) is 13.0 Å². The van der Waals surface area contributed by atoms with Crippen molar-refractivity contribution in [2.75, 3.05) is 20.7 Å². The number of carbonyl (C=O) groups excluding carboxylic acids is 1. The van der Waals surface area contributed by atoms with Gasteiger partial charge in [0.15, 0.2) is 0 Å². The summed E-state index contributed by atoms with van der Waals surface area (Å²) < 4.78 is 6.06. The highest BCUT2D eigenvalue weighted by Crippen LogP contribution is 2.21. The minimum Gasteiger partial charge on any atom is -0.465 e. The van der Waals surface area contributed by atoms with Crippen LogP contribution in [0.15, 0.2) is 28.7 Å². The van der Waals surface area contributed by atoms with Gasteiger partial charge in [-0.25, -0.2) is 4.79 Å². The number of hydrogen-bond acceptors (Lipinski definition) is 3. The fourth-order valence-electron chi connectivity index (χ4n) is 1.51. The fourth-order valence-corrected chi connectivity index (χ4v) is 1.78. The number of carbonyl (C=O) groups is 1. The highest BCUT2D eigenvalue weighted by atomic mass is 79.9. The average molecular weight is 286 g/mol. The Morgan fingerprint density at radius 3 is 2.38 bits per heavy atom. The molecule has 0 bridgehead atoms. The minimum absolute atomic E-state index is 0.213. The molecule has 0 aromatic heterocycles. The van der Waals surface area contributed by atoms with Crippen LogP contribution < -0.4 is 0 Å². The zero-order valence-corrected chi connectivity index (χ0v) is 11.3. The van der Waals surface area contributed by atoms with E-state index in [1.807, 2.05) is 50.2 Å². The summed E-state index contributed by atoms with van der Waals surface area (Å²) in [6.45, 7) is 2.21. The SMILES string of the molecule is CCOC(=O)C(c1ccc(Br)cc1)N(C)C. The van der Waals surface area contributed by atoms with E-state index in [0.29, 0.717) is 6.61 Å². The van der Waals surface area contributed by atoms with Crippen molar-refractivity contribution < 1.29 is 9.53 Å². The predicted molar refractivity (Wildman–Crippen MR) is 67.2 cm³/mol. The molecule has 1 aromatic carbocycles. The smallest absolute Gasteiger partial charge is 0.327 e. The maximum atomic E-state index is 11.8. The number of ether oxygens (including phenoxy) is 1. The van der Waals surface area contributed by atoms with Gasteiger partial charge in [0, 0.05) is 4.47 Å².